The predicted molar refractivity (Wildman–Crippen MR) is 118 cm³/mol. The third kappa shape index (κ3) is 4.77. The Morgan fingerprint density at radius 1 is 1.10 bits per heavy atom. The maximum Gasteiger partial charge on any atom is 0.316 e. The second-order valence-corrected chi connectivity index (χ2v) is 7.49. The number of furan rings is 1. The predicted octanol–water partition coefficient (Wildman–Crippen LogP) is 3.99. The van der Waals surface area contributed by atoms with Crippen molar-refractivity contribution in [2.45, 2.75) is 18.6 Å². The van der Waals surface area contributed by atoms with E-state index >= 15 is 0 Å². The summed E-state index contributed by atoms with van der Waals surface area (Å²) in [6.45, 7) is 2.21. The zero-order chi connectivity index (χ0) is 21.6. The third-order valence-electron chi connectivity index (χ3n) is 4.52. The molecule has 1 N–H and O–H groups in total. The maximum atomic E-state index is 12.2. The van der Waals surface area contributed by atoms with Crippen LogP contribution in [0.3, 0.4) is 0 Å². The first-order valence-corrected chi connectivity index (χ1v) is 10.7. The summed E-state index contributed by atoms with van der Waals surface area (Å²) in [6, 6.07) is 16.9. The van der Waals surface area contributed by atoms with Gasteiger partial charge in [0.05, 0.1) is 12.0 Å². The van der Waals surface area contributed by atoms with Crippen molar-refractivity contribution in [1.29, 1.82) is 0 Å². The van der Waals surface area contributed by atoms with Crippen LogP contribution in [0.15, 0.2) is 70.4 Å². The molecule has 0 aliphatic heterocycles. The summed E-state index contributed by atoms with van der Waals surface area (Å²) in [5.41, 5.74) is 0.676. The van der Waals surface area contributed by atoms with Crippen molar-refractivity contribution in [1.82, 2.24) is 14.8 Å². The van der Waals surface area contributed by atoms with Crippen LogP contribution in [0.2, 0.25) is 0 Å². The molecule has 0 saturated carbocycles. The van der Waals surface area contributed by atoms with Gasteiger partial charge < -0.3 is 14.5 Å². The number of nitrogens with one attached hydrogen (secondary N) is 1. The minimum atomic E-state index is -0.511. The zero-order valence-electron chi connectivity index (χ0n) is 16.8. The number of benzene rings is 2. The van der Waals surface area contributed by atoms with Gasteiger partial charge in [0.1, 0.15) is 0 Å². The largest absolute Gasteiger partial charge is 0.461 e. The molecule has 0 aliphatic carbocycles. The van der Waals surface area contributed by atoms with Crippen LogP contribution in [0.1, 0.15) is 6.92 Å². The van der Waals surface area contributed by atoms with Gasteiger partial charge in [-0.25, -0.2) is 0 Å². The van der Waals surface area contributed by atoms with E-state index in [2.05, 4.69) is 15.5 Å². The van der Waals surface area contributed by atoms with E-state index in [1.165, 1.54) is 11.8 Å². The monoisotopic (exact) mass is 436 g/mol. The van der Waals surface area contributed by atoms with Gasteiger partial charge in [0.15, 0.2) is 23.3 Å². The van der Waals surface area contributed by atoms with E-state index in [-0.39, 0.29) is 12.4 Å². The molecule has 0 saturated heterocycles. The summed E-state index contributed by atoms with van der Waals surface area (Å²) in [5, 5.41) is 13.6. The topological polar surface area (TPSA) is 99.2 Å². The first kappa shape index (κ1) is 20.7. The fourth-order valence-corrected chi connectivity index (χ4v) is 3.90. The summed E-state index contributed by atoms with van der Waals surface area (Å²) < 4.78 is 12.3. The third-order valence-corrected chi connectivity index (χ3v) is 5.46. The average molecular weight is 436 g/mol. The van der Waals surface area contributed by atoms with Gasteiger partial charge in [-0.3, -0.25) is 14.2 Å². The van der Waals surface area contributed by atoms with E-state index < -0.39 is 11.9 Å². The number of carbonyl (C=O) groups is 2. The number of ether oxygens (including phenoxy) is 1. The zero-order valence-corrected chi connectivity index (χ0v) is 17.6. The molecule has 158 valence electrons. The molecule has 2 aromatic carbocycles. The average Bonchev–Trinajstić information content (AvgIpc) is 3.46. The Bertz CT molecular complexity index is 1200. The fraction of sp³-hybridized carbons (Fsp3) is 0.182. The summed E-state index contributed by atoms with van der Waals surface area (Å²) in [7, 11) is 0. The van der Waals surface area contributed by atoms with Crippen LogP contribution in [0.4, 0.5) is 5.69 Å². The molecule has 0 spiro atoms. The lowest BCUT2D eigenvalue weighted by Crippen LogP contribution is -2.21. The van der Waals surface area contributed by atoms with E-state index in [1.807, 2.05) is 54.0 Å². The second kappa shape index (κ2) is 9.48. The number of anilines is 1. The van der Waals surface area contributed by atoms with Crippen molar-refractivity contribution in [3.05, 3.63) is 60.9 Å². The van der Waals surface area contributed by atoms with Gasteiger partial charge in [-0.1, -0.05) is 48.2 Å². The highest BCUT2D eigenvalue weighted by atomic mass is 32.2. The van der Waals surface area contributed by atoms with Crippen LogP contribution in [0, 0.1) is 0 Å². The Labute approximate surface area is 182 Å². The van der Waals surface area contributed by atoms with Gasteiger partial charge in [-0.2, -0.15) is 0 Å². The molecule has 0 fully saturated rings. The summed E-state index contributed by atoms with van der Waals surface area (Å²) >= 11 is 1.20. The number of rotatable bonds is 8. The van der Waals surface area contributed by atoms with Crippen LogP contribution < -0.4 is 5.32 Å². The van der Waals surface area contributed by atoms with Crippen LogP contribution in [-0.4, -0.2) is 39.0 Å². The van der Waals surface area contributed by atoms with Gasteiger partial charge in [0.25, 0.3) is 5.91 Å². The molecule has 4 aromatic rings. The van der Waals surface area contributed by atoms with Crippen LogP contribution in [-0.2, 0) is 20.9 Å². The van der Waals surface area contributed by atoms with Crippen molar-refractivity contribution in [2.24, 2.45) is 0 Å². The van der Waals surface area contributed by atoms with Crippen molar-refractivity contribution < 1.29 is 18.7 Å². The highest BCUT2D eigenvalue weighted by Crippen LogP contribution is 2.25. The molecular weight excluding hydrogens is 416 g/mol. The summed E-state index contributed by atoms with van der Waals surface area (Å²) in [5.74, 6) is 0.305. The van der Waals surface area contributed by atoms with Crippen LogP contribution in [0.5, 0.6) is 0 Å². The molecule has 2 heterocycles. The number of hydrogen-bond acceptors (Lipinski definition) is 7. The lowest BCUT2D eigenvalue weighted by molar-refractivity contribution is -0.144. The van der Waals surface area contributed by atoms with Crippen LogP contribution in [0.25, 0.3) is 22.4 Å². The second-order valence-electron chi connectivity index (χ2n) is 6.55. The molecular formula is C22H20N4O4S. The normalized spacial score (nSPS) is 10.9. The Balaban J connectivity index is 1.30. The maximum absolute atomic E-state index is 12.2. The number of fused-ring (bicyclic) bond motifs is 1. The number of hydrogen-bond donors (Lipinski definition) is 1. The minimum Gasteiger partial charge on any atom is -0.461 e. The Morgan fingerprint density at radius 2 is 1.94 bits per heavy atom. The highest BCUT2D eigenvalue weighted by molar-refractivity contribution is 7.99. The molecule has 0 atom stereocenters. The summed E-state index contributed by atoms with van der Waals surface area (Å²) in [6.07, 6.45) is 1.57. The van der Waals surface area contributed by atoms with Gasteiger partial charge in [0.2, 0.25) is 0 Å². The van der Waals surface area contributed by atoms with E-state index in [4.69, 9.17) is 9.15 Å². The van der Waals surface area contributed by atoms with E-state index in [0.29, 0.717) is 29.0 Å². The number of esters is 1. The number of amides is 1. The Hall–Kier alpha value is -3.59. The molecule has 2 aromatic heterocycles. The van der Waals surface area contributed by atoms with Crippen molar-refractivity contribution in [3.63, 3.8) is 0 Å². The molecule has 4 rings (SSSR count). The van der Waals surface area contributed by atoms with Crippen LogP contribution >= 0.6 is 11.8 Å². The molecule has 9 heteroatoms. The molecule has 31 heavy (non-hydrogen) atoms. The standard InChI is InChI=1S/C22H20N4O4S/c1-2-26-21(18-11-6-12-29-18)24-25-22(26)31-14-20(28)30-13-19(27)23-17-10-5-8-15-7-3-4-9-16(15)17/h3-12H,2,13-14H2,1H3,(H,23,27). The SMILES string of the molecule is CCn1c(SCC(=O)OCC(=O)Nc2cccc3ccccc23)nnc1-c1ccco1. The van der Waals surface area contributed by atoms with Gasteiger partial charge >= 0.3 is 5.97 Å². The van der Waals surface area contributed by atoms with E-state index in [0.717, 1.165) is 10.8 Å². The molecule has 0 unspecified atom stereocenters. The minimum absolute atomic E-state index is 0.0117. The Kier molecular flexibility index (Phi) is 6.32. The smallest absolute Gasteiger partial charge is 0.316 e. The number of nitrogens with zero attached hydrogens (tertiary/aromatic N) is 3. The first-order valence-electron chi connectivity index (χ1n) is 9.69. The van der Waals surface area contributed by atoms with E-state index in [9.17, 15) is 9.59 Å². The fourth-order valence-electron chi connectivity index (χ4n) is 3.10. The number of thioether (sulfide) groups is 1. The molecule has 0 radical (unpaired) electrons. The van der Waals surface area contributed by atoms with Crippen molar-refractivity contribution in [3.8, 4) is 11.6 Å². The van der Waals surface area contributed by atoms with E-state index in [1.54, 1.807) is 18.4 Å². The highest BCUT2D eigenvalue weighted by Gasteiger charge is 2.17. The quantitative estimate of drug-likeness (QED) is 0.329. The lowest BCUT2D eigenvalue weighted by atomic mass is 10.1. The molecule has 0 aliphatic rings. The van der Waals surface area contributed by atoms with Gasteiger partial charge in [-0.15, -0.1) is 10.2 Å². The Morgan fingerprint density at radius 3 is 2.74 bits per heavy atom. The molecule has 0 bridgehead atoms. The number of carbonyl (C=O) groups excluding carboxylic acids is 2. The van der Waals surface area contributed by atoms with Gasteiger partial charge in [-0.05, 0) is 30.5 Å². The van der Waals surface area contributed by atoms with Crippen molar-refractivity contribution >= 4 is 40.1 Å². The van der Waals surface area contributed by atoms with Gasteiger partial charge in [0, 0.05) is 17.6 Å². The molecule has 8 nitrogen and oxygen atoms in total. The molecule has 1 amide bonds. The van der Waals surface area contributed by atoms with Crippen molar-refractivity contribution in [2.75, 3.05) is 17.7 Å². The first-order chi connectivity index (χ1) is 15.2. The summed E-state index contributed by atoms with van der Waals surface area (Å²) in [4.78, 5) is 24.4. The number of aromatic nitrogens is 3. The lowest BCUT2D eigenvalue weighted by Gasteiger charge is -2.09.